The average molecular weight is 385 g/mol. The van der Waals surface area contributed by atoms with Crippen LogP contribution in [0.25, 0.3) is 0 Å². The van der Waals surface area contributed by atoms with Gasteiger partial charge in [0, 0.05) is 51.0 Å². The number of anilines is 1. The van der Waals surface area contributed by atoms with Crippen LogP contribution in [0.1, 0.15) is 42.5 Å². The summed E-state index contributed by atoms with van der Waals surface area (Å²) in [6.07, 6.45) is 6.76. The molecule has 1 aromatic rings. The molecule has 1 N–H and O–H groups in total. The maximum absolute atomic E-state index is 12.6. The monoisotopic (exact) mass is 384 g/mol. The van der Waals surface area contributed by atoms with Gasteiger partial charge in [-0.05, 0) is 81.4 Å². The van der Waals surface area contributed by atoms with Crippen molar-refractivity contribution in [3.05, 3.63) is 29.8 Å². The van der Waals surface area contributed by atoms with Crippen molar-refractivity contribution in [2.75, 3.05) is 58.3 Å². The molecule has 0 spiro atoms. The lowest BCUT2D eigenvalue weighted by Gasteiger charge is -2.51. The second kappa shape index (κ2) is 8.83. The highest BCUT2D eigenvalue weighted by Gasteiger charge is 2.40. The number of amides is 1. The fourth-order valence-corrected chi connectivity index (χ4v) is 5.37. The number of likely N-dealkylation sites (tertiary alicyclic amines) is 1. The van der Waals surface area contributed by atoms with E-state index in [1.807, 2.05) is 43.3 Å². The molecule has 5 nitrogen and oxygen atoms in total. The largest absolute Gasteiger partial charge is 0.378 e. The molecular formula is C23H36N4O. The molecule has 0 saturated carbocycles. The molecule has 0 aliphatic carbocycles. The summed E-state index contributed by atoms with van der Waals surface area (Å²) in [5, 5.41) is 3.19. The molecule has 4 atom stereocenters. The lowest BCUT2D eigenvalue weighted by molar-refractivity contribution is -0.0134. The van der Waals surface area contributed by atoms with Crippen molar-refractivity contribution in [2.45, 2.75) is 38.1 Å². The molecule has 2 bridgehead atoms. The Labute approximate surface area is 170 Å². The summed E-state index contributed by atoms with van der Waals surface area (Å²) in [5.41, 5.74) is 1.87. The Morgan fingerprint density at radius 1 is 1.11 bits per heavy atom. The van der Waals surface area contributed by atoms with Gasteiger partial charge < -0.3 is 15.1 Å². The number of benzene rings is 1. The number of nitrogens with one attached hydrogen (secondary N) is 1. The van der Waals surface area contributed by atoms with Gasteiger partial charge in [-0.25, -0.2) is 0 Å². The van der Waals surface area contributed by atoms with Crippen LogP contribution in [0.5, 0.6) is 0 Å². The molecule has 4 heterocycles. The molecule has 4 aliphatic rings. The first-order chi connectivity index (χ1) is 13.6. The molecule has 5 heteroatoms. The number of carbonyl (C=O) groups excluding carboxylic acids is 1. The summed E-state index contributed by atoms with van der Waals surface area (Å²) < 4.78 is 0. The Bertz CT molecular complexity index is 653. The molecule has 1 aromatic carbocycles. The second-order valence-corrected chi connectivity index (χ2v) is 9.21. The van der Waals surface area contributed by atoms with E-state index in [0.717, 1.165) is 29.6 Å². The fourth-order valence-electron chi connectivity index (χ4n) is 5.37. The second-order valence-electron chi connectivity index (χ2n) is 9.21. The van der Waals surface area contributed by atoms with Gasteiger partial charge in [0.2, 0.25) is 0 Å². The zero-order valence-electron chi connectivity index (χ0n) is 17.6. The van der Waals surface area contributed by atoms with E-state index in [-0.39, 0.29) is 5.91 Å². The zero-order valence-corrected chi connectivity index (χ0v) is 17.6. The molecule has 0 aromatic heterocycles. The summed E-state index contributed by atoms with van der Waals surface area (Å²) in [4.78, 5) is 19.9. The molecule has 0 radical (unpaired) electrons. The van der Waals surface area contributed by atoms with Gasteiger partial charge in [-0.1, -0.05) is 6.42 Å². The summed E-state index contributed by atoms with van der Waals surface area (Å²) in [6.45, 7) is 7.10. The van der Waals surface area contributed by atoms with Crippen LogP contribution in [-0.4, -0.2) is 75.1 Å². The van der Waals surface area contributed by atoms with Gasteiger partial charge in [0.05, 0.1) is 0 Å². The summed E-state index contributed by atoms with van der Waals surface area (Å²) in [5.74, 6) is 1.73. The summed E-state index contributed by atoms with van der Waals surface area (Å²) in [7, 11) is 4.03. The van der Waals surface area contributed by atoms with E-state index in [1.54, 1.807) is 0 Å². The lowest BCUT2D eigenvalue weighted by atomic mass is 9.75. The normalized spacial score (nSPS) is 30.2. The SMILES string of the molecule is CN(C)c1ccc(C(=O)NC[C@H]2C[C@@H]3CCN2C[C@@H]3CN2CCCCC2)cc1. The first-order valence-electron chi connectivity index (χ1n) is 11.1. The van der Waals surface area contributed by atoms with Crippen LogP contribution in [-0.2, 0) is 0 Å². The molecule has 28 heavy (non-hydrogen) atoms. The third-order valence-corrected chi connectivity index (χ3v) is 7.10. The Morgan fingerprint density at radius 3 is 2.50 bits per heavy atom. The Kier molecular flexibility index (Phi) is 6.22. The highest BCUT2D eigenvalue weighted by Crippen LogP contribution is 2.36. The average Bonchev–Trinajstić information content (AvgIpc) is 2.73. The zero-order chi connectivity index (χ0) is 19.5. The maximum Gasteiger partial charge on any atom is 0.251 e. The van der Waals surface area contributed by atoms with E-state index in [9.17, 15) is 4.79 Å². The molecule has 1 amide bonds. The minimum Gasteiger partial charge on any atom is -0.378 e. The van der Waals surface area contributed by atoms with Crippen molar-refractivity contribution in [2.24, 2.45) is 11.8 Å². The van der Waals surface area contributed by atoms with Gasteiger partial charge in [0.15, 0.2) is 0 Å². The molecule has 4 aliphatic heterocycles. The van der Waals surface area contributed by atoms with E-state index < -0.39 is 0 Å². The van der Waals surface area contributed by atoms with E-state index in [4.69, 9.17) is 0 Å². The van der Waals surface area contributed by atoms with Crippen molar-refractivity contribution in [1.29, 1.82) is 0 Å². The standard InChI is InChI=1S/C23H36N4O/c1-25(2)21-8-6-18(7-9-21)23(28)24-15-22-14-19-10-13-27(22)17-20(19)16-26-11-4-3-5-12-26/h6-9,19-20,22H,3-5,10-17H2,1-2H3,(H,24,28)/t19-,20-,22+/m0/s1. The Hall–Kier alpha value is -1.59. The molecule has 154 valence electrons. The number of piperidine rings is 4. The molecule has 4 saturated heterocycles. The molecule has 4 fully saturated rings. The summed E-state index contributed by atoms with van der Waals surface area (Å²) >= 11 is 0. The van der Waals surface area contributed by atoms with Crippen LogP contribution in [0.4, 0.5) is 5.69 Å². The number of carbonyl (C=O) groups is 1. The smallest absolute Gasteiger partial charge is 0.251 e. The van der Waals surface area contributed by atoms with E-state index in [1.165, 1.54) is 64.8 Å². The highest BCUT2D eigenvalue weighted by molar-refractivity contribution is 5.94. The van der Waals surface area contributed by atoms with Crippen LogP contribution in [0.2, 0.25) is 0 Å². The molecular weight excluding hydrogens is 348 g/mol. The number of rotatable bonds is 6. The number of hydrogen-bond donors (Lipinski definition) is 1. The minimum absolute atomic E-state index is 0.0535. The third-order valence-electron chi connectivity index (χ3n) is 7.10. The van der Waals surface area contributed by atoms with Gasteiger partial charge >= 0.3 is 0 Å². The molecule has 1 unspecified atom stereocenters. The van der Waals surface area contributed by atoms with Gasteiger partial charge in [-0.15, -0.1) is 0 Å². The van der Waals surface area contributed by atoms with Crippen molar-refractivity contribution in [3.8, 4) is 0 Å². The van der Waals surface area contributed by atoms with Crippen molar-refractivity contribution in [1.82, 2.24) is 15.1 Å². The van der Waals surface area contributed by atoms with Crippen molar-refractivity contribution in [3.63, 3.8) is 0 Å². The van der Waals surface area contributed by atoms with Crippen molar-refractivity contribution >= 4 is 11.6 Å². The van der Waals surface area contributed by atoms with Gasteiger partial charge in [0.1, 0.15) is 0 Å². The lowest BCUT2D eigenvalue weighted by Crippen LogP contribution is -2.58. The highest BCUT2D eigenvalue weighted by atomic mass is 16.1. The van der Waals surface area contributed by atoms with Crippen LogP contribution in [0.3, 0.4) is 0 Å². The van der Waals surface area contributed by atoms with E-state index in [0.29, 0.717) is 6.04 Å². The molecule has 5 rings (SSSR count). The third kappa shape index (κ3) is 4.52. The first-order valence-corrected chi connectivity index (χ1v) is 11.1. The van der Waals surface area contributed by atoms with Crippen molar-refractivity contribution < 1.29 is 4.79 Å². The van der Waals surface area contributed by atoms with Crippen LogP contribution < -0.4 is 10.2 Å². The van der Waals surface area contributed by atoms with Crippen LogP contribution in [0, 0.1) is 11.8 Å². The first kappa shape index (κ1) is 19.7. The van der Waals surface area contributed by atoms with Gasteiger partial charge in [-0.3, -0.25) is 9.69 Å². The maximum atomic E-state index is 12.6. The predicted octanol–water partition coefficient (Wildman–Crippen LogP) is 2.68. The van der Waals surface area contributed by atoms with Crippen LogP contribution >= 0.6 is 0 Å². The fraction of sp³-hybridized carbons (Fsp3) is 0.696. The van der Waals surface area contributed by atoms with E-state index in [2.05, 4.69) is 15.1 Å². The predicted molar refractivity (Wildman–Crippen MR) is 115 cm³/mol. The minimum atomic E-state index is 0.0535. The number of fused-ring (bicyclic) bond motifs is 3. The quantitative estimate of drug-likeness (QED) is 0.818. The van der Waals surface area contributed by atoms with Gasteiger partial charge in [0.25, 0.3) is 5.91 Å². The summed E-state index contributed by atoms with van der Waals surface area (Å²) in [6, 6.07) is 8.37. The number of nitrogens with zero attached hydrogens (tertiary/aromatic N) is 3. The Morgan fingerprint density at radius 2 is 1.86 bits per heavy atom. The Balaban J connectivity index is 1.26. The van der Waals surface area contributed by atoms with Gasteiger partial charge in [-0.2, -0.15) is 0 Å². The van der Waals surface area contributed by atoms with Crippen LogP contribution in [0.15, 0.2) is 24.3 Å². The number of hydrogen-bond acceptors (Lipinski definition) is 4. The van der Waals surface area contributed by atoms with E-state index >= 15 is 0 Å². The topological polar surface area (TPSA) is 38.8 Å².